The second-order valence-electron chi connectivity index (χ2n) is 8.22. The molecule has 2 aliphatic rings. The van der Waals surface area contributed by atoms with Crippen LogP contribution in [0, 0.1) is 5.92 Å². The summed E-state index contributed by atoms with van der Waals surface area (Å²) in [5.74, 6) is -3.36. The van der Waals surface area contributed by atoms with Gasteiger partial charge in [0.15, 0.2) is 0 Å². The average molecular weight is 434 g/mol. The second-order valence-corrected chi connectivity index (χ2v) is 8.22. The van der Waals surface area contributed by atoms with Gasteiger partial charge in [0.25, 0.3) is 5.92 Å². The minimum Gasteiger partial charge on any atom is -0.493 e. The van der Waals surface area contributed by atoms with Crippen LogP contribution in [0.25, 0.3) is 0 Å². The van der Waals surface area contributed by atoms with Gasteiger partial charge in [-0.15, -0.1) is 0 Å². The van der Waals surface area contributed by atoms with Gasteiger partial charge in [0.05, 0.1) is 12.5 Å². The fourth-order valence-electron chi connectivity index (χ4n) is 3.77. The predicted octanol–water partition coefficient (Wildman–Crippen LogP) is 3.36. The Hall–Kier alpha value is -2.58. The van der Waals surface area contributed by atoms with Gasteiger partial charge in [0.2, 0.25) is 5.91 Å². The zero-order valence-corrected chi connectivity index (χ0v) is 17.0. The van der Waals surface area contributed by atoms with Gasteiger partial charge in [0.1, 0.15) is 18.5 Å². The summed E-state index contributed by atoms with van der Waals surface area (Å²) in [6.07, 6.45) is -1.32. The Morgan fingerprint density at radius 1 is 1.19 bits per heavy atom. The molecule has 1 fully saturated rings. The number of carbonyl (C=O) groups excluding carboxylic acids is 1. The topological polar surface area (TPSA) is 61.8 Å². The van der Waals surface area contributed by atoms with Crippen molar-refractivity contribution < 1.29 is 27.8 Å². The highest BCUT2D eigenvalue weighted by Gasteiger charge is 2.57. The lowest BCUT2D eigenvalue weighted by Crippen LogP contribution is -2.31. The first-order valence-corrected chi connectivity index (χ1v) is 10.3. The van der Waals surface area contributed by atoms with Crippen LogP contribution in [0.3, 0.4) is 0 Å². The van der Waals surface area contributed by atoms with Crippen molar-refractivity contribution >= 4 is 5.91 Å². The quantitative estimate of drug-likeness (QED) is 0.669. The van der Waals surface area contributed by atoms with E-state index in [0.717, 1.165) is 16.7 Å². The summed E-state index contributed by atoms with van der Waals surface area (Å²) in [5, 5.41) is 11.3. The maximum Gasteiger partial charge on any atom is 0.255 e. The number of rotatable bonds is 8. The highest BCUT2D eigenvalue weighted by Crippen LogP contribution is 2.48. The molecule has 2 unspecified atom stereocenters. The van der Waals surface area contributed by atoms with Crippen LogP contribution in [0.15, 0.2) is 42.5 Å². The molecule has 1 heterocycles. The molecule has 166 valence electrons. The van der Waals surface area contributed by atoms with E-state index in [0.29, 0.717) is 30.9 Å². The lowest BCUT2D eigenvalue weighted by molar-refractivity contribution is -0.123. The molecule has 2 aromatic rings. The first-order chi connectivity index (χ1) is 14.8. The summed E-state index contributed by atoms with van der Waals surface area (Å²) < 4.78 is 46.3. The summed E-state index contributed by atoms with van der Waals surface area (Å²) in [6, 6.07) is 12.8. The molecular weight excluding hydrogens is 409 g/mol. The van der Waals surface area contributed by atoms with Gasteiger partial charge < -0.3 is 15.2 Å². The maximum absolute atomic E-state index is 14.8. The minimum absolute atomic E-state index is 0.0471. The number of aliphatic hydroxyl groups excluding tert-OH is 1. The van der Waals surface area contributed by atoms with Crippen molar-refractivity contribution in [1.82, 2.24) is 10.2 Å². The van der Waals surface area contributed by atoms with Crippen molar-refractivity contribution in [1.29, 1.82) is 0 Å². The van der Waals surface area contributed by atoms with E-state index in [1.54, 1.807) is 18.2 Å². The Kier molecular flexibility index (Phi) is 6.20. The number of alkyl halides is 3. The van der Waals surface area contributed by atoms with Crippen LogP contribution < -0.4 is 10.1 Å². The van der Waals surface area contributed by atoms with Crippen molar-refractivity contribution in [3.05, 3.63) is 64.7 Å². The number of nitrogens with zero attached hydrogens (tertiary/aromatic N) is 1. The minimum atomic E-state index is -2.62. The zero-order chi connectivity index (χ0) is 22.0. The number of amides is 1. The Morgan fingerprint density at radius 3 is 2.58 bits per heavy atom. The molecule has 0 radical (unpaired) electrons. The molecule has 0 saturated heterocycles. The molecule has 1 aliphatic heterocycles. The molecule has 2 N–H and O–H groups in total. The van der Waals surface area contributed by atoms with Crippen LogP contribution in [0.4, 0.5) is 13.2 Å². The smallest absolute Gasteiger partial charge is 0.255 e. The van der Waals surface area contributed by atoms with Crippen LogP contribution in [-0.2, 0) is 24.4 Å². The molecule has 0 aromatic heterocycles. The number of halogens is 3. The third-order valence-corrected chi connectivity index (χ3v) is 5.74. The lowest BCUT2D eigenvalue weighted by atomic mass is 9.97. The Balaban J connectivity index is 1.33. The number of hydrogen-bond donors (Lipinski definition) is 2. The number of carbonyl (C=O) groups is 1. The molecule has 1 aliphatic carbocycles. The summed E-state index contributed by atoms with van der Waals surface area (Å²) in [4.78, 5) is 13.1. The highest BCUT2D eigenvalue weighted by atomic mass is 19.3. The van der Waals surface area contributed by atoms with Crippen LogP contribution in [0.5, 0.6) is 5.75 Å². The predicted molar refractivity (Wildman–Crippen MR) is 108 cm³/mol. The van der Waals surface area contributed by atoms with E-state index in [4.69, 9.17) is 9.84 Å². The van der Waals surface area contributed by atoms with E-state index in [9.17, 15) is 18.0 Å². The Bertz CT molecular complexity index is 936. The van der Waals surface area contributed by atoms with Crippen LogP contribution >= 0.6 is 0 Å². The van der Waals surface area contributed by atoms with Gasteiger partial charge in [-0.1, -0.05) is 30.3 Å². The van der Waals surface area contributed by atoms with Crippen LogP contribution in [0.1, 0.15) is 34.8 Å². The van der Waals surface area contributed by atoms with Crippen molar-refractivity contribution in [2.24, 2.45) is 5.92 Å². The van der Waals surface area contributed by atoms with Crippen LogP contribution in [-0.4, -0.2) is 41.6 Å². The zero-order valence-electron chi connectivity index (χ0n) is 17.0. The maximum atomic E-state index is 14.8. The molecule has 8 heteroatoms. The number of fused-ring (bicyclic) bond motifs is 1. The molecule has 1 saturated carbocycles. The van der Waals surface area contributed by atoms with E-state index >= 15 is 0 Å². The van der Waals surface area contributed by atoms with E-state index in [1.807, 2.05) is 29.2 Å². The monoisotopic (exact) mass is 434 g/mol. The third-order valence-electron chi connectivity index (χ3n) is 5.74. The first-order valence-electron chi connectivity index (χ1n) is 10.3. The normalized spacial score (nSPS) is 21.9. The van der Waals surface area contributed by atoms with Gasteiger partial charge in [-0.05, 0) is 34.4 Å². The van der Waals surface area contributed by atoms with Crippen molar-refractivity contribution in [2.75, 3.05) is 19.8 Å². The Morgan fingerprint density at radius 2 is 1.90 bits per heavy atom. The number of nitrogens with one attached hydrogen (secondary N) is 1. The number of ether oxygens (including phenoxy) is 1. The van der Waals surface area contributed by atoms with Gasteiger partial charge in [-0.2, -0.15) is 0 Å². The fraction of sp³-hybridized carbons (Fsp3) is 0.435. The molecular formula is C23H25F3N2O3. The van der Waals surface area contributed by atoms with Gasteiger partial charge >= 0.3 is 0 Å². The summed E-state index contributed by atoms with van der Waals surface area (Å²) in [5.41, 5.74) is 3.37. The fourth-order valence-corrected chi connectivity index (χ4v) is 3.77. The van der Waals surface area contributed by atoms with Crippen molar-refractivity contribution in [2.45, 2.75) is 38.1 Å². The molecule has 31 heavy (non-hydrogen) atoms. The van der Waals surface area contributed by atoms with Crippen LogP contribution in [0.2, 0.25) is 0 Å². The number of aliphatic hydroxyl groups is 1. The third kappa shape index (κ3) is 5.37. The molecule has 1 amide bonds. The number of hydrogen-bond acceptors (Lipinski definition) is 4. The lowest BCUT2D eigenvalue weighted by Gasteiger charge is -2.31. The summed E-state index contributed by atoms with van der Waals surface area (Å²) >= 11 is 0. The average Bonchev–Trinajstić information content (AvgIpc) is 3.38. The van der Waals surface area contributed by atoms with Gasteiger partial charge in [0, 0.05) is 32.6 Å². The summed E-state index contributed by atoms with van der Waals surface area (Å²) in [7, 11) is 0. The molecule has 0 spiro atoms. The van der Waals surface area contributed by atoms with Crippen molar-refractivity contribution in [3.8, 4) is 5.75 Å². The highest BCUT2D eigenvalue weighted by molar-refractivity contribution is 5.76. The second kappa shape index (κ2) is 8.88. The van der Waals surface area contributed by atoms with E-state index < -0.39 is 30.5 Å². The Labute approximate surface area is 178 Å². The van der Waals surface area contributed by atoms with Gasteiger partial charge in [-0.3, -0.25) is 9.69 Å². The molecule has 4 rings (SSSR count). The first kappa shape index (κ1) is 21.6. The summed E-state index contributed by atoms with van der Waals surface area (Å²) in [6.45, 7) is 1.16. The largest absolute Gasteiger partial charge is 0.493 e. The molecule has 5 nitrogen and oxygen atoms in total. The number of benzene rings is 2. The van der Waals surface area contributed by atoms with Crippen molar-refractivity contribution in [3.63, 3.8) is 0 Å². The van der Waals surface area contributed by atoms with E-state index in [-0.39, 0.29) is 19.6 Å². The van der Waals surface area contributed by atoms with E-state index in [1.165, 1.54) is 0 Å². The molecule has 2 atom stereocenters. The molecule has 2 aromatic carbocycles. The standard InChI is InChI=1S/C23H25F3N2O3/c24-21-12-28(10-16-3-1-15(2-4-16)9-27-22(30)13-29)11-17-5-6-19(7-20(17)21)31-14-18-8-23(18,25)26/h1-7,18,21,29H,8-14H2,(H,27,30). The SMILES string of the molecule is O=C(CO)NCc1ccc(CN2Cc3ccc(OCC4CC4(F)F)cc3C(F)C2)cc1. The van der Waals surface area contributed by atoms with E-state index in [2.05, 4.69) is 5.32 Å². The molecule has 0 bridgehead atoms. The van der Waals surface area contributed by atoms with Gasteiger partial charge in [-0.25, -0.2) is 13.2 Å².